The normalized spacial score (nSPS) is 11.2. The van der Waals surface area contributed by atoms with Gasteiger partial charge in [-0.1, -0.05) is 26.0 Å². The maximum atomic E-state index is 12.5. The highest BCUT2D eigenvalue weighted by Crippen LogP contribution is 2.28. The Hall–Kier alpha value is -3.07. The van der Waals surface area contributed by atoms with E-state index in [1.165, 1.54) is 28.9 Å². The van der Waals surface area contributed by atoms with Crippen molar-refractivity contribution >= 4 is 18.0 Å². The summed E-state index contributed by atoms with van der Waals surface area (Å²) in [4.78, 5) is 12.5. The molecule has 1 aromatic heterocycles. The number of ether oxygens (including phenoxy) is 2. The van der Waals surface area contributed by atoms with Gasteiger partial charge in [0.2, 0.25) is 0 Å². The number of benzene rings is 2. The number of aromatic nitrogens is 2. The van der Waals surface area contributed by atoms with Crippen LogP contribution in [0.4, 0.5) is 8.78 Å². The van der Waals surface area contributed by atoms with Gasteiger partial charge in [-0.25, -0.2) is 4.68 Å². The molecule has 0 bridgehead atoms. The van der Waals surface area contributed by atoms with Gasteiger partial charge < -0.3 is 13.9 Å². The van der Waals surface area contributed by atoms with Crippen LogP contribution in [0.25, 0.3) is 0 Å². The molecule has 9 heteroatoms. The van der Waals surface area contributed by atoms with Crippen LogP contribution in [-0.4, -0.2) is 22.2 Å². The number of nitrogens with zero attached hydrogens (tertiary/aromatic N) is 2. The lowest BCUT2D eigenvalue weighted by atomic mass is 10.0. The molecule has 0 saturated carbocycles. The molecule has 0 aliphatic carbocycles. The van der Waals surface area contributed by atoms with E-state index in [0.29, 0.717) is 5.56 Å². The molecule has 3 rings (SSSR count). The standard InChI is InChI=1S/C22H22F2N2O4S/c1-13(2)17-9-4-14(3)10-19(17)28-12-20-25-26(22(31)30-20)11-18(27)15-5-7-16(8-6-15)29-21(23)24/h4-10,13,21H,11-12H2,1-3H3. The predicted molar refractivity (Wildman–Crippen MR) is 112 cm³/mol. The van der Waals surface area contributed by atoms with E-state index in [1.54, 1.807) is 0 Å². The first-order chi connectivity index (χ1) is 14.7. The average molecular weight is 448 g/mol. The third-order valence-corrected chi connectivity index (χ3v) is 4.78. The van der Waals surface area contributed by atoms with Crippen LogP contribution in [0.1, 0.15) is 47.1 Å². The molecule has 6 nitrogen and oxygen atoms in total. The van der Waals surface area contributed by atoms with Crippen LogP contribution in [0.2, 0.25) is 0 Å². The molecule has 0 N–H and O–H groups in total. The molecule has 0 unspecified atom stereocenters. The Morgan fingerprint density at radius 3 is 2.55 bits per heavy atom. The van der Waals surface area contributed by atoms with Crippen molar-refractivity contribution in [3.8, 4) is 11.5 Å². The minimum Gasteiger partial charge on any atom is -0.484 e. The Bertz CT molecular complexity index is 1110. The number of hydrogen-bond donors (Lipinski definition) is 0. The predicted octanol–water partition coefficient (Wildman–Crippen LogP) is 5.70. The number of carbonyl (C=O) groups excluding carboxylic acids is 1. The van der Waals surface area contributed by atoms with Gasteiger partial charge in [0, 0.05) is 5.56 Å². The van der Waals surface area contributed by atoms with Gasteiger partial charge in [0.05, 0.1) is 0 Å². The van der Waals surface area contributed by atoms with E-state index in [2.05, 4.69) is 23.7 Å². The molecular formula is C22H22F2N2O4S. The van der Waals surface area contributed by atoms with Crippen molar-refractivity contribution in [1.82, 2.24) is 9.78 Å². The van der Waals surface area contributed by atoms with E-state index in [9.17, 15) is 13.6 Å². The number of aryl methyl sites for hydroxylation is 1. The molecule has 2 aromatic carbocycles. The topological polar surface area (TPSA) is 66.5 Å². The Balaban J connectivity index is 1.67. The van der Waals surface area contributed by atoms with E-state index < -0.39 is 6.61 Å². The van der Waals surface area contributed by atoms with Gasteiger partial charge in [-0.15, -0.1) is 5.10 Å². The van der Waals surface area contributed by atoms with Crippen molar-refractivity contribution in [1.29, 1.82) is 0 Å². The SMILES string of the molecule is Cc1ccc(C(C)C)c(OCc2nn(CC(=O)c3ccc(OC(F)F)cc3)c(=S)o2)c1. The highest BCUT2D eigenvalue weighted by molar-refractivity contribution is 7.71. The maximum Gasteiger partial charge on any atom is 0.387 e. The monoisotopic (exact) mass is 448 g/mol. The van der Waals surface area contributed by atoms with Crippen LogP contribution >= 0.6 is 12.2 Å². The first-order valence-corrected chi connectivity index (χ1v) is 10.0. The fourth-order valence-electron chi connectivity index (χ4n) is 2.94. The van der Waals surface area contributed by atoms with E-state index in [1.807, 2.05) is 25.1 Å². The number of halogens is 2. The van der Waals surface area contributed by atoms with Crippen molar-refractivity contribution in [3.05, 3.63) is 69.9 Å². The Labute approximate surface area is 183 Å². The average Bonchev–Trinajstić information content (AvgIpc) is 3.05. The molecule has 1 heterocycles. The van der Waals surface area contributed by atoms with Crippen molar-refractivity contribution < 1.29 is 27.5 Å². The lowest BCUT2D eigenvalue weighted by Gasteiger charge is -2.13. The third-order valence-electron chi connectivity index (χ3n) is 4.49. The minimum atomic E-state index is -2.92. The summed E-state index contributed by atoms with van der Waals surface area (Å²) in [6.07, 6.45) is 0. The summed E-state index contributed by atoms with van der Waals surface area (Å²) in [5.41, 5.74) is 2.45. The second kappa shape index (κ2) is 9.82. The summed E-state index contributed by atoms with van der Waals surface area (Å²) >= 11 is 5.15. The highest BCUT2D eigenvalue weighted by atomic mass is 32.1. The zero-order chi connectivity index (χ0) is 22.5. The number of carbonyl (C=O) groups is 1. The summed E-state index contributed by atoms with van der Waals surface area (Å²) in [7, 11) is 0. The largest absolute Gasteiger partial charge is 0.484 e. The molecule has 0 saturated heterocycles. The van der Waals surface area contributed by atoms with Crippen molar-refractivity contribution in [2.24, 2.45) is 0 Å². The van der Waals surface area contributed by atoms with Gasteiger partial charge in [0.1, 0.15) is 18.0 Å². The van der Waals surface area contributed by atoms with E-state index in [0.717, 1.165) is 16.9 Å². The molecule has 3 aromatic rings. The maximum absolute atomic E-state index is 12.5. The molecule has 0 aliphatic heterocycles. The minimum absolute atomic E-state index is 0.0269. The molecule has 0 fully saturated rings. The molecular weight excluding hydrogens is 426 g/mol. The van der Waals surface area contributed by atoms with Gasteiger partial charge in [0.25, 0.3) is 10.7 Å². The van der Waals surface area contributed by atoms with Gasteiger partial charge >= 0.3 is 6.61 Å². The molecule has 31 heavy (non-hydrogen) atoms. The number of Topliss-reactive ketones (excluding diaryl/α,β-unsaturated/α-hetero) is 1. The van der Waals surface area contributed by atoms with Gasteiger partial charge in [-0.2, -0.15) is 8.78 Å². The quantitative estimate of drug-likeness (QED) is 0.309. The highest BCUT2D eigenvalue weighted by Gasteiger charge is 2.14. The zero-order valence-electron chi connectivity index (χ0n) is 17.3. The number of ketones is 1. The van der Waals surface area contributed by atoms with E-state index in [4.69, 9.17) is 21.4 Å². The summed E-state index contributed by atoms with van der Waals surface area (Å²) in [6, 6.07) is 11.4. The fraction of sp³-hybridized carbons (Fsp3) is 0.318. The molecule has 164 valence electrons. The van der Waals surface area contributed by atoms with Gasteiger partial charge in [-0.05, 0) is 66.5 Å². The molecule has 0 radical (unpaired) electrons. The smallest absolute Gasteiger partial charge is 0.387 e. The van der Waals surface area contributed by atoms with Crippen LogP contribution < -0.4 is 9.47 Å². The molecule has 0 atom stereocenters. The second-order valence-corrected chi connectivity index (χ2v) is 7.58. The lowest BCUT2D eigenvalue weighted by Crippen LogP contribution is -2.12. The van der Waals surface area contributed by atoms with Gasteiger partial charge in [-0.3, -0.25) is 4.79 Å². The van der Waals surface area contributed by atoms with Gasteiger partial charge in [0.15, 0.2) is 12.4 Å². The van der Waals surface area contributed by atoms with Crippen LogP contribution in [0.5, 0.6) is 11.5 Å². The summed E-state index contributed by atoms with van der Waals surface area (Å²) < 4.78 is 41.4. The molecule has 0 spiro atoms. The van der Waals surface area contributed by atoms with Crippen LogP contribution in [0.3, 0.4) is 0 Å². The van der Waals surface area contributed by atoms with Crippen molar-refractivity contribution in [2.45, 2.75) is 46.5 Å². The van der Waals surface area contributed by atoms with Crippen LogP contribution in [-0.2, 0) is 13.2 Å². The number of alkyl halides is 2. The third kappa shape index (κ3) is 5.97. The Morgan fingerprint density at radius 2 is 1.90 bits per heavy atom. The summed E-state index contributed by atoms with van der Waals surface area (Å²) in [5, 5.41) is 4.22. The molecule has 0 aliphatic rings. The Morgan fingerprint density at radius 1 is 1.19 bits per heavy atom. The number of hydrogen-bond acceptors (Lipinski definition) is 6. The zero-order valence-corrected chi connectivity index (χ0v) is 18.1. The Kier molecular flexibility index (Phi) is 7.17. The van der Waals surface area contributed by atoms with E-state index in [-0.39, 0.29) is 41.3 Å². The first kappa shape index (κ1) is 22.6. The number of rotatable bonds is 9. The van der Waals surface area contributed by atoms with E-state index >= 15 is 0 Å². The summed E-state index contributed by atoms with van der Waals surface area (Å²) in [6.45, 7) is 3.13. The van der Waals surface area contributed by atoms with Crippen molar-refractivity contribution in [2.75, 3.05) is 0 Å². The van der Waals surface area contributed by atoms with Crippen molar-refractivity contribution in [3.63, 3.8) is 0 Å². The lowest BCUT2D eigenvalue weighted by molar-refractivity contribution is -0.0498. The molecule has 0 amide bonds. The van der Waals surface area contributed by atoms with Crippen LogP contribution in [0.15, 0.2) is 46.9 Å². The summed E-state index contributed by atoms with van der Waals surface area (Å²) in [5.74, 6) is 0.944. The second-order valence-electron chi connectivity index (χ2n) is 7.23. The fourth-order valence-corrected chi connectivity index (χ4v) is 3.14. The van der Waals surface area contributed by atoms with Crippen LogP contribution in [0, 0.1) is 11.8 Å². The first-order valence-electron chi connectivity index (χ1n) is 9.61.